The van der Waals surface area contributed by atoms with Crippen LogP contribution in [0.25, 0.3) is 0 Å². The summed E-state index contributed by atoms with van der Waals surface area (Å²) in [6.07, 6.45) is 0.152. The minimum atomic E-state index is -3.72. The predicted octanol–water partition coefficient (Wildman–Crippen LogP) is 2.02. The van der Waals surface area contributed by atoms with Gasteiger partial charge in [0.2, 0.25) is 0 Å². The Labute approximate surface area is 154 Å². The summed E-state index contributed by atoms with van der Waals surface area (Å²) in [7, 11) is -7.08. The fourth-order valence-electron chi connectivity index (χ4n) is 1.94. The molecule has 1 aromatic carbocycles. The molecular weight excluding hydrogens is 382 g/mol. The summed E-state index contributed by atoms with van der Waals surface area (Å²) in [4.78, 5) is 12.1. The first-order valence-corrected chi connectivity index (χ1v) is 11.4. The molecule has 0 fully saturated rings. The molecule has 0 saturated heterocycles. The van der Waals surface area contributed by atoms with Gasteiger partial charge in [0, 0.05) is 0 Å². The van der Waals surface area contributed by atoms with Crippen molar-refractivity contribution in [2.24, 2.45) is 0 Å². The lowest BCUT2D eigenvalue weighted by molar-refractivity contribution is 0.0487. The molecule has 1 rings (SSSR count). The second kappa shape index (κ2) is 8.36. The molecule has 10 heteroatoms. The van der Waals surface area contributed by atoms with Gasteiger partial charge in [0.05, 0.1) is 29.6 Å². The van der Waals surface area contributed by atoms with Crippen LogP contribution in [0.1, 0.15) is 39.3 Å². The number of ether oxygens (including phenoxy) is 1. The van der Waals surface area contributed by atoms with E-state index in [-0.39, 0.29) is 17.3 Å². The monoisotopic (exact) mass is 407 g/mol. The number of alkyl carbamates (subject to hydrolysis) is 1. The van der Waals surface area contributed by atoms with Gasteiger partial charge in [0.1, 0.15) is 5.60 Å². The zero-order valence-electron chi connectivity index (χ0n) is 15.5. The molecule has 1 aromatic rings. The topological polar surface area (TPSA) is 116 Å². The summed E-state index contributed by atoms with van der Waals surface area (Å²) in [6.45, 7) is 6.27. The van der Waals surface area contributed by atoms with Gasteiger partial charge in [-0.2, -0.15) is 8.42 Å². The lowest BCUT2D eigenvalue weighted by Crippen LogP contribution is -2.37. The minimum absolute atomic E-state index is 0.0386. The first kappa shape index (κ1) is 22.4. The van der Waals surface area contributed by atoms with Crippen LogP contribution in [-0.2, 0) is 28.9 Å². The molecule has 1 amide bonds. The van der Waals surface area contributed by atoms with Gasteiger partial charge >= 0.3 is 6.09 Å². The van der Waals surface area contributed by atoms with Crippen molar-refractivity contribution in [2.75, 3.05) is 18.6 Å². The molecule has 1 atom stereocenters. The van der Waals surface area contributed by atoms with Crippen molar-refractivity contribution in [1.82, 2.24) is 5.32 Å². The molecule has 8 nitrogen and oxygen atoms in total. The van der Waals surface area contributed by atoms with Crippen molar-refractivity contribution in [2.45, 2.75) is 44.2 Å². The van der Waals surface area contributed by atoms with Crippen LogP contribution in [0.15, 0.2) is 29.2 Å². The van der Waals surface area contributed by atoms with Crippen LogP contribution >= 0.6 is 0 Å². The Kier molecular flexibility index (Phi) is 7.20. The van der Waals surface area contributed by atoms with Crippen molar-refractivity contribution < 1.29 is 30.6 Å². The van der Waals surface area contributed by atoms with E-state index in [1.807, 2.05) is 0 Å². The number of rotatable bonds is 7. The minimum Gasteiger partial charge on any atom is -0.444 e. The molecule has 0 bridgehead atoms. The maximum Gasteiger partial charge on any atom is 0.408 e. The lowest BCUT2D eigenvalue weighted by atomic mass is 10.1. The van der Waals surface area contributed by atoms with Crippen LogP contribution in [0, 0.1) is 0 Å². The van der Waals surface area contributed by atoms with E-state index in [4.69, 9.17) is 8.92 Å². The van der Waals surface area contributed by atoms with Crippen LogP contribution in [-0.4, -0.2) is 47.1 Å². The molecule has 0 aliphatic heterocycles. The normalized spacial score (nSPS) is 13.9. The maximum atomic E-state index is 12.0. The third-order valence-electron chi connectivity index (χ3n) is 3.16. The molecule has 0 heterocycles. The Morgan fingerprint density at radius 3 is 2.08 bits per heavy atom. The van der Waals surface area contributed by atoms with Gasteiger partial charge < -0.3 is 10.1 Å². The molecule has 0 radical (unpaired) electrons. The van der Waals surface area contributed by atoms with Gasteiger partial charge in [-0.1, -0.05) is 19.1 Å². The largest absolute Gasteiger partial charge is 0.444 e. The Morgan fingerprint density at radius 1 is 1.12 bits per heavy atom. The fraction of sp³-hybridized carbons (Fsp3) is 0.562. The second-order valence-corrected chi connectivity index (χ2v) is 10.6. The van der Waals surface area contributed by atoms with E-state index in [1.165, 1.54) is 31.2 Å². The van der Waals surface area contributed by atoms with Crippen LogP contribution in [0.4, 0.5) is 4.79 Å². The highest BCUT2D eigenvalue weighted by molar-refractivity contribution is 7.91. The van der Waals surface area contributed by atoms with Gasteiger partial charge in [0.25, 0.3) is 10.1 Å². The number of hydrogen-bond acceptors (Lipinski definition) is 7. The number of nitrogens with one attached hydrogen (secondary N) is 1. The van der Waals surface area contributed by atoms with Crippen molar-refractivity contribution in [3.8, 4) is 0 Å². The number of carbonyl (C=O) groups excluding carboxylic acids is 1. The summed E-state index contributed by atoms with van der Waals surface area (Å²) in [6, 6.07) is 4.96. The smallest absolute Gasteiger partial charge is 0.408 e. The van der Waals surface area contributed by atoms with Crippen LogP contribution in [0.3, 0.4) is 0 Å². The lowest BCUT2D eigenvalue weighted by Gasteiger charge is -2.23. The summed E-state index contributed by atoms with van der Waals surface area (Å²) in [5.41, 5.74) is -0.250. The summed E-state index contributed by atoms with van der Waals surface area (Å²) >= 11 is 0. The quantitative estimate of drug-likeness (QED) is 0.687. The van der Waals surface area contributed by atoms with E-state index in [1.54, 1.807) is 20.8 Å². The zero-order chi connectivity index (χ0) is 20.2. The summed E-state index contributed by atoms with van der Waals surface area (Å²) in [5.74, 6) is -0.0386. The van der Waals surface area contributed by atoms with Gasteiger partial charge in [-0.15, -0.1) is 0 Å². The van der Waals surface area contributed by atoms with Crippen molar-refractivity contribution in [3.05, 3.63) is 29.8 Å². The van der Waals surface area contributed by atoms with Crippen molar-refractivity contribution in [3.63, 3.8) is 0 Å². The number of sulfone groups is 1. The first-order valence-electron chi connectivity index (χ1n) is 7.90. The van der Waals surface area contributed by atoms with E-state index in [0.717, 1.165) is 6.26 Å². The zero-order valence-corrected chi connectivity index (χ0v) is 17.1. The number of benzene rings is 1. The van der Waals surface area contributed by atoms with Gasteiger partial charge in [0.15, 0.2) is 9.84 Å². The number of amides is 1. The standard InChI is InChI=1S/C16H25NO7S2/c1-6-26(21,22)13-9-7-12(8-10-13)14(11-23-25(5,19)20)17-15(18)24-16(2,3)4/h7-10,14H,6,11H2,1-5H3,(H,17,18)/t14-/m0/s1. The summed E-state index contributed by atoms with van der Waals surface area (Å²) in [5, 5.41) is 2.53. The molecule has 0 aliphatic carbocycles. The van der Waals surface area contributed by atoms with Crippen LogP contribution < -0.4 is 5.32 Å². The molecule has 0 aromatic heterocycles. The molecule has 0 saturated carbocycles. The van der Waals surface area contributed by atoms with E-state index >= 15 is 0 Å². The van der Waals surface area contributed by atoms with Gasteiger partial charge in [-0.25, -0.2) is 13.2 Å². The van der Waals surface area contributed by atoms with E-state index in [0.29, 0.717) is 5.56 Å². The average Bonchev–Trinajstić information content (AvgIpc) is 2.49. The molecule has 0 spiro atoms. The maximum absolute atomic E-state index is 12.0. The first-order chi connectivity index (χ1) is 11.7. The highest BCUT2D eigenvalue weighted by Gasteiger charge is 2.22. The Bertz CT molecular complexity index is 822. The predicted molar refractivity (Wildman–Crippen MR) is 97.1 cm³/mol. The molecule has 148 valence electrons. The van der Waals surface area contributed by atoms with Crippen molar-refractivity contribution >= 4 is 26.0 Å². The molecule has 0 aliphatic rings. The molecule has 26 heavy (non-hydrogen) atoms. The molecular formula is C16H25NO7S2. The van der Waals surface area contributed by atoms with E-state index < -0.39 is 37.7 Å². The van der Waals surface area contributed by atoms with Gasteiger partial charge in [-0.3, -0.25) is 4.18 Å². The second-order valence-electron chi connectivity index (χ2n) is 6.66. The average molecular weight is 408 g/mol. The number of carbonyl (C=O) groups is 1. The fourth-order valence-corrected chi connectivity index (χ4v) is 3.20. The highest BCUT2D eigenvalue weighted by atomic mass is 32.2. The van der Waals surface area contributed by atoms with Gasteiger partial charge in [-0.05, 0) is 38.5 Å². The molecule has 0 unspecified atom stereocenters. The number of hydrogen-bond donors (Lipinski definition) is 1. The Balaban J connectivity index is 3.05. The van der Waals surface area contributed by atoms with E-state index in [9.17, 15) is 21.6 Å². The SMILES string of the molecule is CCS(=O)(=O)c1ccc([C@H](COS(C)(=O)=O)NC(=O)OC(C)(C)C)cc1. The Hall–Kier alpha value is -1.65. The third-order valence-corrected chi connectivity index (χ3v) is 5.48. The summed E-state index contributed by atoms with van der Waals surface area (Å²) < 4.78 is 56.2. The van der Waals surface area contributed by atoms with Crippen molar-refractivity contribution in [1.29, 1.82) is 0 Å². The van der Waals surface area contributed by atoms with Crippen LogP contribution in [0.5, 0.6) is 0 Å². The highest BCUT2D eigenvalue weighted by Crippen LogP contribution is 2.19. The van der Waals surface area contributed by atoms with Crippen LogP contribution in [0.2, 0.25) is 0 Å². The third kappa shape index (κ3) is 7.71. The Morgan fingerprint density at radius 2 is 1.65 bits per heavy atom. The van der Waals surface area contributed by atoms with E-state index in [2.05, 4.69) is 5.32 Å². The molecule has 1 N–H and O–H groups in total.